The number of likely N-dealkylation sites (tertiary alicyclic amines) is 1. The number of benzene rings is 3. The van der Waals surface area contributed by atoms with Crippen molar-refractivity contribution in [1.82, 2.24) is 4.90 Å². The highest BCUT2D eigenvalue weighted by molar-refractivity contribution is 6.37. The van der Waals surface area contributed by atoms with E-state index in [0.717, 1.165) is 37.2 Å². The molecular formula is C29H29FN4O3. The Balaban J connectivity index is 1.38. The van der Waals surface area contributed by atoms with E-state index in [1.165, 1.54) is 17.0 Å². The van der Waals surface area contributed by atoms with Gasteiger partial charge in [0.1, 0.15) is 11.9 Å². The van der Waals surface area contributed by atoms with Crippen LogP contribution in [0, 0.1) is 5.82 Å². The Morgan fingerprint density at radius 2 is 1.76 bits per heavy atom. The molecule has 5 rings (SSSR count). The van der Waals surface area contributed by atoms with Crippen LogP contribution >= 0.6 is 0 Å². The van der Waals surface area contributed by atoms with E-state index >= 15 is 0 Å². The van der Waals surface area contributed by atoms with Crippen LogP contribution in [0.1, 0.15) is 24.0 Å². The lowest BCUT2D eigenvalue weighted by Gasteiger charge is -2.30. The maximum Gasteiger partial charge on any atom is 0.414 e. The zero-order valence-corrected chi connectivity index (χ0v) is 20.8. The first-order valence-corrected chi connectivity index (χ1v) is 12.3. The van der Waals surface area contributed by atoms with Gasteiger partial charge < -0.3 is 20.3 Å². The van der Waals surface area contributed by atoms with Crippen LogP contribution in [-0.2, 0) is 9.53 Å². The van der Waals surface area contributed by atoms with Gasteiger partial charge in [-0.3, -0.25) is 9.69 Å². The summed E-state index contributed by atoms with van der Waals surface area (Å²) in [6.45, 7) is 1.83. The average Bonchev–Trinajstić information content (AvgIpc) is 3.23. The topological polar surface area (TPSA) is 73.9 Å². The SMILES string of the molecule is CN1CCC(OC(=O)N(C)c2ccc(NC(=C3C(=O)Nc4cc(F)ccc43)c3ccccc3)cc2)CC1. The molecule has 0 spiro atoms. The molecule has 0 aromatic heterocycles. The van der Waals surface area contributed by atoms with Crippen molar-refractivity contribution >= 4 is 40.3 Å². The minimum atomic E-state index is -0.413. The summed E-state index contributed by atoms with van der Waals surface area (Å²) in [7, 11) is 3.76. The van der Waals surface area contributed by atoms with Crippen molar-refractivity contribution in [1.29, 1.82) is 0 Å². The molecule has 2 aliphatic rings. The number of anilines is 3. The van der Waals surface area contributed by atoms with E-state index < -0.39 is 5.82 Å². The summed E-state index contributed by atoms with van der Waals surface area (Å²) >= 11 is 0. The maximum absolute atomic E-state index is 13.8. The molecule has 1 fully saturated rings. The van der Waals surface area contributed by atoms with Gasteiger partial charge in [-0.2, -0.15) is 0 Å². The first-order chi connectivity index (χ1) is 17.9. The van der Waals surface area contributed by atoms with Gasteiger partial charge in [-0.15, -0.1) is 0 Å². The van der Waals surface area contributed by atoms with Crippen LogP contribution in [0.25, 0.3) is 11.3 Å². The highest BCUT2D eigenvalue weighted by Gasteiger charge is 2.29. The number of nitrogens with zero attached hydrogens (tertiary/aromatic N) is 2. The normalized spacial score (nSPS) is 17.1. The molecule has 2 aliphatic heterocycles. The second kappa shape index (κ2) is 10.4. The number of amides is 2. The van der Waals surface area contributed by atoms with Crippen LogP contribution in [0.5, 0.6) is 0 Å². The third-order valence-corrected chi connectivity index (χ3v) is 6.77. The second-order valence-electron chi connectivity index (χ2n) is 9.38. The number of ether oxygens (including phenoxy) is 1. The zero-order valence-electron chi connectivity index (χ0n) is 20.8. The largest absolute Gasteiger partial charge is 0.446 e. The van der Waals surface area contributed by atoms with Gasteiger partial charge in [0, 0.05) is 37.1 Å². The molecule has 2 amide bonds. The molecule has 190 valence electrons. The summed E-state index contributed by atoms with van der Waals surface area (Å²) in [5, 5.41) is 6.13. The molecule has 7 nitrogen and oxygen atoms in total. The predicted molar refractivity (Wildman–Crippen MR) is 144 cm³/mol. The molecule has 3 aromatic carbocycles. The molecule has 37 heavy (non-hydrogen) atoms. The van der Waals surface area contributed by atoms with Crippen molar-refractivity contribution in [3.05, 3.63) is 89.7 Å². The lowest BCUT2D eigenvalue weighted by Crippen LogP contribution is -2.38. The fourth-order valence-corrected chi connectivity index (χ4v) is 4.62. The van der Waals surface area contributed by atoms with Crippen molar-refractivity contribution in [2.24, 2.45) is 0 Å². The van der Waals surface area contributed by atoms with Gasteiger partial charge in [0.15, 0.2) is 0 Å². The van der Waals surface area contributed by atoms with E-state index in [4.69, 9.17) is 4.74 Å². The van der Waals surface area contributed by atoms with Crippen molar-refractivity contribution in [3.8, 4) is 0 Å². The summed E-state index contributed by atoms with van der Waals surface area (Å²) < 4.78 is 19.5. The van der Waals surface area contributed by atoms with Gasteiger partial charge in [0.05, 0.1) is 17.0 Å². The second-order valence-corrected chi connectivity index (χ2v) is 9.38. The molecule has 0 bridgehead atoms. The third-order valence-electron chi connectivity index (χ3n) is 6.77. The Hall–Kier alpha value is -4.17. The molecule has 0 atom stereocenters. The van der Waals surface area contributed by atoms with Gasteiger partial charge in [0.25, 0.3) is 5.91 Å². The van der Waals surface area contributed by atoms with Crippen LogP contribution in [0.2, 0.25) is 0 Å². The molecule has 2 heterocycles. The van der Waals surface area contributed by atoms with Crippen LogP contribution in [0.4, 0.5) is 26.2 Å². The average molecular weight is 501 g/mol. The minimum absolute atomic E-state index is 0.0685. The molecule has 0 radical (unpaired) electrons. The third kappa shape index (κ3) is 5.34. The van der Waals surface area contributed by atoms with Crippen molar-refractivity contribution < 1.29 is 18.7 Å². The van der Waals surface area contributed by atoms with Gasteiger partial charge in [-0.25, -0.2) is 9.18 Å². The van der Waals surface area contributed by atoms with Gasteiger partial charge in [-0.1, -0.05) is 30.3 Å². The fraction of sp³-hybridized carbons (Fsp3) is 0.241. The summed E-state index contributed by atoms with van der Waals surface area (Å²) in [5.41, 5.74) is 4.34. The standard InChI is InChI=1S/C29H29FN4O3/c1-33-16-14-23(15-17-33)37-29(36)34(2)22-11-9-21(10-12-22)31-27(19-6-4-3-5-7-19)26-24-13-8-20(30)18-25(24)32-28(26)35/h3-13,18,23,31H,14-17H2,1-2H3,(H,32,35). The molecule has 0 unspecified atom stereocenters. The van der Waals surface area contributed by atoms with E-state index in [2.05, 4.69) is 22.6 Å². The lowest BCUT2D eigenvalue weighted by atomic mass is 10.00. The number of hydrogen-bond donors (Lipinski definition) is 2. The number of fused-ring (bicyclic) bond motifs is 1. The van der Waals surface area contributed by atoms with Crippen molar-refractivity contribution in [3.63, 3.8) is 0 Å². The Morgan fingerprint density at radius 1 is 1.05 bits per heavy atom. The molecule has 8 heteroatoms. The van der Waals surface area contributed by atoms with E-state index in [1.54, 1.807) is 13.1 Å². The quantitative estimate of drug-likeness (QED) is 0.458. The number of piperidine rings is 1. The first kappa shape index (κ1) is 24.5. The predicted octanol–water partition coefficient (Wildman–Crippen LogP) is 5.43. The van der Waals surface area contributed by atoms with Crippen molar-refractivity contribution in [2.75, 3.05) is 42.7 Å². The van der Waals surface area contributed by atoms with Crippen LogP contribution in [0.3, 0.4) is 0 Å². The monoisotopic (exact) mass is 500 g/mol. The Labute approximate surface area is 215 Å². The Bertz CT molecular complexity index is 1330. The summed E-state index contributed by atoms with van der Waals surface area (Å²) in [6.07, 6.45) is 1.22. The highest BCUT2D eigenvalue weighted by atomic mass is 19.1. The highest BCUT2D eigenvalue weighted by Crippen LogP contribution is 2.38. The molecular weight excluding hydrogens is 471 g/mol. The number of rotatable bonds is 5. The molecule has 3 aromatic rings. The Morgan fingerprint density at radius 3 is 2.46 bits per heavy atom. The number of hydrogen-bond acceptors (Lipinski definition) is 5. The number of carbonyl (C=O) groups is 2. The molecule has 2 N–H and O–H groups in total. The lowest BCUT2D eigenvalue weighted by molar-refractivity contribution is -0.110. The van der Waals surface area contributed by atoms with E-state index in [-0.39, 0.29) is 18.1 Å². The minimum Gasteiger partial charge on any atom is -0.446 e. The molecule has 0 aliphatic carbocycles. The van der Waals surface area contributed by atoms with Crippen LogP contribution in [0.15, 0.2) is 72.8 Å². The van der Waals surface area contributed by atoms with Crippen molar-refractivity contribution in [2.45, 2.75) is 18.9 Å². The summed E-state index contributed by atoms with van der Waals surface area (Å²) in [5.74, 6) is -0.719. The Kier molecular flexibility index (Phi) is 6.92. The van der Waals surface area contributed by atoms with Gasteiger partial charge in [-0.05, 0) is 67.9 Å². The number of halogens is 1. The van der Waals surface area contributed by atoms with Gasteiger partial charge in [0.2, 0.25) is 0 Å². The van der Waals surface area contributed by atoms with E-state index in [9.17, 15) is 14.0 Å². The van der Waals surface area contributed by atoms with E-state index in [1.807, 2.05) is 54.6 Å². The van der Waals surface area contributed by atoms with Crippen LogP contribution in [-0.4, -0.2) is 50.2 Å². The summed E-state index contributed by atoms with van der Waals surface area (Å²) in [6, 6.07) is 21.1. The zero-order chi connectivity index (χ0) is 25.9. The fourth-order valence-electron chi connectivity index (χ4n) is 4.62. The number of nitrogens with one attached hydrogen (secondary N) is 2. The number of carbonyl (C=O) groups excluding carboxylic acids is 2. The molecule has 1 saturated heterocycles. The maximum atomic E-state index is 13.8. The summed E-state index contributed by atoms with van der Waals surface area (Å²) in [4.78, 5) is 29.4. The first-order valence-electron chi connectivity index (χ1n) is 12.3. The van der Waals surface area contributed by atoms with E-state index in [0.29, 0.717) is 28.2 Å². The van der Waals surface area contributed by atoms with Gasteiger partial charge >= 0.3 is 6.09 Å². The smallest absolute Gasteiger partial charge is 0.414 e. The van der Waals surface area contributed by atoms with Crippen LogP contribution < -0.4 is 15.5 Å². The molecule has 0 saturated carbocycles.